The second kappa shape index (κ2) is 8.02. The van der Waals surface area contributed by atoms with Gasteiger partial charge in [0.2, 0.25) is 0 Å². The van der Waals surface area contributed by atoms with Crippen LogP contribution < -0.4 is 0 Å². The van der Waals surface area contributed by atoms with Crippen molar-refractivity contribution in [2.24, 2.45) is 0 Å². The van der Waals surface area contributed by atoms with E-state index in [4.69, 9.17) is 4.42 Å². The summed E-state index contributed by atoms with van der Waals surface area (Å²) in [6.07, 6.45) is 2.25. The van der Waals surface area contributed by atoms with Crippen LogP contribution in [0.4, 0.5) is 11.4 Å². The maximum absolute atomic E-state index is 11.6. The Kier molecular flexibility index (Phi) is 5.01. The highest BCUT2D eigenvalue weighted by atomic mass is 16.6. The Bertz CT molecular complexity index is 1310. The summed E-state index contributed by atoms with van der Waals surface area (Å²) in [5.74, 6) is 1.15. The van der Waals surface area contributed by atoms with Gasteiger partial charge in [-0.25, -0.2) is 0 Å². The molecule has 4 aromatic rings. The van der Waals surface area contributed by atoms with Crippen molar-refractivity contribution in [3.05, 3.63) is 128 Å². The molecule has 0 atom stereocenters. The number of hydrogen-bond donors (Lipinski definition) is 0. The zero-order chi connectivity index (χ0) is 23.0. The summed E-state index contributed by atoms with van der Waals surface area (Å²) in [4.78, 5) is 21.5. The zero-order valence-electron chi connectivity index (χ0n) is 17.6. The number of rotatable bonds is 5. The predicted molar refractivity (Wildman–Crippen MR) is 123 cm³/mol. The van der Waals surface area contributed by atoms with Crippen LogP contribution in [0.25, 0.3) is 11.3 Å². The average molecular weight is 440 g/mol. The molecule has 0 aliphatic heterocycles. The van der Waals surface area contributed by atoms with Crippen LogP contribution in [0.3, 0.4) is 0 Å². The fourth-order valence-electron chi connectivity index (χ4n) is 4.84. The van der Waals surface area contributed by atoms with Gasteiger partial charge in [-0.2, -0.15) is 0 Å². The lowest BCUT2D eigenvalue weighted by atomic mass is 9.65. The highest BCUT2D eigenvalue weighted by Gasteiger charge is 2.40. The number of fused-ring (bicyclic) bond motifs is 1. The zero-order valence-corrected chi connectivity index (χ0v) is 17.6. The number of nitro groups is 2. The van der Waals surface area contributed by atoms with Crippen molar-refractivity contribution in [3.8, 4) is 11.3 Å². The van der Waals surface area contributed by atoms with Gasteiger partial charge in [-0.05, 0) is 41.7 Å². The van der Waals surface area contributed by atoms with Crippen LogP contribution in [-0.2, 0) is 18.3 Å². The van der Waals surface area contributed by atoms with Crippen molar-refractivity contribution in [1.82, 2.24) is 0 Å². The van der Waals surface area contributed by atoms with E-state index in [1.54, 1.807) is 0 Å². The van der Waals surface area contributed by atoms with Gasteiger partial charge in [-0.15, -0.1) is 0 Å². The number of nitrogens with zero attached hydrogens (tertiary/aromatic N) is 2. The van der Waals surface area contributed by atoms with Crippen molar-refractivity contribution < 1.29 is 14.3 Å². The third-order valence-corrected chi connectivity index (χ3v) is 6.49. The first kappa shape index (κ1) is 20.6. The lowest BCUT2D eigenvalue weighted by Gasteiger charge is -2.37. The first-order valence-corrected chi connectivity index (χ1v) is 10.6. The molecule has 0 saturated carbocycles. The van der Waals surface area contributed by atoms with E-state index >= 15 is 0 Å². The van der Waals surface area contributed by atoms with Crippen LogP contribution >= 0.6 is 0 Å². The van der Waals surface area contributed by atoms with Gasteiger partial charge in [-0.3, -0.25) is 20.2 Å². The smallest absolute Gasteiger partial charge is 0.287 e. The molecule has 0 unspecified atom stereocenters. The van der Waals surface area contributed by atoms with E-state index in [0.29, 0.717) is 12.2 Å². The van der Waals surface area contributed by atoms with Gasteiger partial charge in [0.05, 0.1) is 21.5 Å². The third-order valence-electron chi connectivity index (χ3n) is 6.49. The van der Waals surface area contributed by atoms with Crippen LogP contribution in [-0.4, -0.2) is 9.85 Å². The molecule has 0 radical (unpaired) electrons. The average Bonchev–Trinajstić information content (AvgIpc) is 3.27. The minimum atomic E-state index is -0.641. The van der Waals surface area contributed by atoms with Gasteiger partial charge in [0.15, 0.2) is 0 Å². The Balaban J connectivity index is 1.60. The third kappa shape index (κ3) is 3.57. The first-order valence-electron chi connectivity index (χ1n) is 10.6. The maximum atomic E-state index is 11.6. The molecule has 0 saturated heterocycles. The molecule has 164 valence electrons. The standard InChI is InChI=1S/C26H20N2O5/c29-27(30)21-11-12-22(23(16-21)28(31)32)24-15-18-13-14-26(17-25(18)33-24,19-7-3-1-4-8-19)20-9-5-2-6-10-20/h1-12,15-16H,13-14,17H2. The normalized spacial score (nSPS) is 14.4. The summed E-state index contributed by atoms with van der Waals surface area (Å²) in [6, 6.07) is 26.1. The van der Waals surface area contributed by atoms with Crippen LogP contribution in [0.1, 0.15) is 28.9 Å². The summed E-state index contributed by atoms with van der Waals surface area (Å²) in [5, 5.41) is 22.7. The number of nitro benzene ring substituents is 2. The molecule has 33 heavy (non-hydrogen) atoms. The molecule has 5 rings (SSSR count). The molecule has 7 heteroatoms. The first-order chi connectivity index (χ1) is 16.0. The van der Waals surface area contributed by atoms with Gasteiger partial charge in [0.1, 0.15) is 11.5 Å². The molecule has 1 heterocycles. The molecule has 0 amide bonds. The van der Waals surface area contributed by atoms with Crippen molar-refractivity contribution in [2.75, 3.05) is 0 Å². The number of aryl methyl sites for hydroxylation is 1. The van der Waals surface area contributed by atoms with E-state index in [1.165, 1.54) is 23.3 Å². The van der Waals surface area contributed by atoms with Crippen molar-refractivity contribution in [3.63, 3.8) is 0 Å². The van der Waals surface area contributed by atoms with Gasteiger partial charge >= 0.3 is 0 Å². The Labute approximate surface area is 189 Å². The van der Waals surface area contributed by atoms with E-state index < -0.39 is 9.85 Å². The van der Waals surface area contributed by atoms with Crippen LogP contribution in [0.2, 0.25) is 0 Å². The Morgan fingerprint density at radius 3 is 2.00 bits per heavy atom. The van der Waals surface area contributed by atoms with Crippen LogP contribution in [0, 0.1) is 20.2 Å². The molecular formula is C26H20N2O5. The minimum absolute atomic E-state index is 0.241. The van der Waals surface area contributed by atoms with Gasteiger partial charge in [0.25, 0.3) is 11.4 Å². The van der Waals surface area contributed by atoms with E-state index in [-0.39, 0.29) is 22.4 Å². The maximum Gasteiger partial charge on any atom is 0.287 e. The monoisotopic (exact) mass is 440 g/mol. The topological polar surface area (TPSA) is 99.4 Å². The predicted octanol–water partition coefficient (Wildman–Crippen LogP) is 6.24. The second-order valence-electron chi connectivity index (χ2n) is 8.27. The molecule has 0 fully saturated rings. The Morgan fingerprint density at radius 2 is 1.42 bits per heavy atom. The molecule has 1 aromatic heterocycles. The van der Waals surface area contributed by atoms with E-state index in [2.05, 4.69) is 24.3 Å². The Morgan fingerprint density at radius 1 is 0.788 bits per heavy atom. The summed E-state index contributed by atoms with van der Waals surface area (Å²) >= 11 is 0. The van der Waals surface area contributed by atoms with E-state index in [9.17, 15) is 20.2 Å². The number of hydrogen-bond acceptors (Lipinski definition) is 5. The van der Waals surface area contributed by atoms with Crippen LogP contribution in [0.15, 0.2) is 89.3 Å². The number of non-ortho nitro benzene ring substituents is 1. The lowest BCUT2D eigenvalue weighted by molar-refractivity contribution is -0.393. The minimum Gasteiger partial charge on any atom is -0.460 e. The van der Waals surface area contributed by atoms with Crippen molar-refractivity contribution >= 4 is 11.4 Å². The summed E-state index contributed by atoms with van der Waals surface area (Å²) in [7, 11) is 0. The van der Waals surface area contributed by atoms with Crippen molar-refractivity contribution in [2.45, 2.75) is 24.7 Å². The fourth-order valence-corrected chi connectivity index (χ4v) is 4.84. The highest BCUT2D eigenvalue weighted by Crippen LogP contribution is 2.46. The molecule has 1 aliphatic carbocycles. The van der Waals surface area contributed by atoms with E-state index in [0.717, 1.165) is 30.2 Å². The molecule has 0 N–H and O–H groups in total. The lowest BCUT2D eigenvalue weighted by Crippen LogP contribution is -2.34. The molecule has 3 aromatic carbocycles. The largest absolute Gasteiger partial charge is 0.460 e. The highest BCUT2D eigenvalue weighted by molar-refractivity contribution is 5.72. The number of furan rings is 1. The summed E-state index contributed by atoms with van der Waals surface area (Å²) in [5.41, 5.74) is 2.71. The van der Waals surface area contributed by atoms with Gasteiger partial charge < -0.3 is 4.42 Å². The van der Waals surface area contributed by atoms with Gasteiger partial charge in [-0.1, -0.05) is 60.7 Å². The summed E-state index contributed by atoms with van der Waals surface area (Å²) < 4.78 is 6.21. The molecule has 0 bridgehead atoms. The quantitative estimate of drug-likeness (QED) is 0.270. The van der Waals surface area contributed by atoms with E-state index in [1.807, 2.05) is 42.5 Å². The molecule has 1 aliphatic rings. The second-order valence-corrected chi connectivity index (χ2v) is 8.27. The molecule has 0 spiro atoms. The van der Waals surface area contributed by atoms with Crippen LogP contribution in [0.5, 0.6) is 0 Å². The SMILES string of the molecule is O=[N+]([O-])c1ccc(-c2cc3c(o2)CC(c2ccccc2)(c2ccccc2)CC3)c([N+](=O)[O-])c1. The van der Waals surface area contributed by atoms with Gasteiger partial charge in [0, 0.05) is 17.9 Å². The molecular weight excluding hydrogens is 420 g/mol. The van der Waals surface area contributed by atoms with Crippen molar-refractivity contribution in [1.29, 1.82) is 0 Å². The molecule has 7 nitrogen and oxygen atoms in total. The number of benzene rings is 3. The fraction of sp³-hybridized carbons (Fsp3) is 0.154. The Hall–Kier alpha value is -4.26. The summed E-state index contributed by atoms with van der Waals surface area (Å²) in [6.45, 7) is 0.